The minimum atomic E-state index is 0.272. The molecule has 3 aromatic rings. The maximum atomic E-state index is 5.28. The Labute approximate surface area is 125 Å². The van der Waals surface area contributed by atoms with E-state index >= 15 is 0 Å². The zero-order chi connectivity index (χ0) is 14.7. The quantitative estimate of drug-likeness (QED) is 0.740. The normalized spacial score (nSPS) is 12.5. The summed E-state index contributed by atoms with van der Waals surface area (Å²) in [6, 6.07) is 17.0. The highest BCUT2D eigenvalue weighted by molar-refractivity contribution is 5.82. The Kier molecular flexibility index (Phi) is 3.93. The molecule has 0 aliphatic heterocycles. The number of aromatic nitrogens is 1. The number of aromatic amines is 1. The van der Waals surface area contributed by atoms with Crippen molar-refractivity contribution in [2.75, 3.05) is 7.11 Å². The topological polar surface area (TPSA) is 37.0 Å². The Morgan fingerprint density at radius 1 is 1.14 bits per heavy atom. The van der Waals surface area contributed by atoms with Crippen molar-refractivity contribution in [2.45, 2.75) is 19.5 Å². The maximum absolute atomic E-state index is 5.28. The summed E-state index contributed by atoms with van der Waals surface area (Å²) < 4.78 is 5.28. The largest absolute Gasteiger partial charge is 0.497 e. The van der Waals surface area contributed by atoms with Gasteiger partial charge in [-0.25, -0.2) is 0 Å². The lowest BCUT2D eigenvalue weighted by molar-refractivity contribution is 0.413. The molecule has 0 aliphatic carbocycles. The van der Waals surface area contributed by atoms with E-state index in [4.69, 9.17) is 4.74 Å². The molecule has 2 N–H and O–H groups in total. The summed E-state index contributed by atoms with van der Waals surface area (Å²) in [6.45, 7) is 3.01. The molecule has 0 saturated heterocycles. The van der Waals surface area contributed by atoms with Crippen LogP contribution in [0.2, 0.25) is 0 Å². The molecule has 1 atom stereocenters. The van der Waals surface area contributed by atoms with Gasteiger partial charge in [0.05, 0.1) is 7.11 Å². The third-order valence-corrected chi connectivity index (χ3v) is 3.88. The van der Waals surface area contributed by atoms with Gasteiger partial charge in [-0.15, -0.1) is 0 Å². The van der Waals surface area contributed by atoms with E-state index in [1.807, 2.05) is 18.3 Å². The second-order valence-corrected chi connectivity index (χ2v) is 5.24. The number of hydrogen-bond acceptors (Lipinski definition) is 2. The fourth-order valence-corrected chi connectivity index (χ4v) is 2.60. The predicted molar refractivity (Wildman–Crippen MR) is 86.5 cm³/mol. The Morgan fingerprint density at radius 2 is 2.00 bits per heavy atom. The molecule has 0 radical (unpaired) electrons. The van der Waals surface area contributed by atoms with E-state index in [2.05, 4.69) is 53.6 Å². The lowest BCUT2D eigenvalue weighted by atomic mass is 10.1. The van der Waals surface area contributed by atoms with Crippen LogP contribution in [0, 0.1) is 0 Å². The van der Waals surface area contributed by atoms with Crippen LogP contribution in [-0.2, 0) is 6.54 Å². The third-order valence-electron chi connectivity index (χ3n) is 3.88. The molecule has 1 aromatic heterocycles. The second-order valence-electron chi connectivity index (χ2n) is 5.24. The van der Waals surface area contributed by atoms with Gasteiger partial charge in [-0.1, -0.05) is 24.3 Å². The van der Waals surface area contributed by atoms with Crippen LogP contribution in [0.3, 0.4) is 0 Å². The first-order chi connectivity index (χ1) is 10.3. The fourth-order valence-electron chi connectivity index (χ4n) is 2.60. The van der Waals surface area contributed by atoms with Gasteiger partial charge in [0.25, 0.3) is 0 Å². The van der Waals surface area contributed by atoms with Crippen molar-refractivity contribution in [3.63, 3.8) is 0 Å². The summed E-state index contributed by atoms with van der Waals surface area (Å²) >= 11 is 0. The van der Waals surface area contributed by atoms with Gasteiger partial charge in [0.2, 0.25) is 0 Å². The molecule has 0 aliphatic rings. The number of benzene rings is 2. The molecule has 0 saturated carbocycles. The first-order valence-corrected chi connectivity index (χ1v) is 7.20. The Morgan fingerprint density at radius 3 is 2.86 bits per heavy atom. The Hall–Kier alpha value is -2.26. The molecule has 108 valence electrons. The van der Waals surface area contributed by atoms with Crippen LogP contribution in [0.1, 0.15) is 24.1 Å². The molecule has 3 nitrogen and oxygen atoms in total. The summed E-state index contributed by atoms with van der Waals surface area (Å²) in [4.78, 5) is 3.25. The molecule has 0 spiro atoms. The van der Waals surface area contributed by atoms with Crippen molar-refractivity contribution in [1.29, 1.82) is 0 Å². The van der Waals surface area contributed by atoms with Gasteiger partial charge in [0.15, 0.2) is 0 Å². The van der Waals surface area contributed by atoms with Crippen molar-refractivity contribution in [3.05, 3.63) is 65.9 Å². The van der Waals surface area contributed by atoms with Gasteiger partial charge in [0.1, 0.15) is 5.75 Å². The number of ether oxygens (including phenoxy) is 1. The van der Waals surface area contributed by atoms with E-state index in [1.54, 1.807) is 7.11 Å². The molecule has 3 heteroatoms. The minimum Gasteiger partial charge on any atom is -0.497 e. The number of fused-ring (bicyclic) bond motifs is 1. The molecule has 0 amide bonds. The summed E-state index contributed by atoms with van der Waals surface area (Å²) in [5.41, 5.74) is 3.72. The highest BCUT2D eigenvalue weighted by atomic mass is 16.5. The van der Waals surface area contributed by atoms with Crippen LogP contribution in [0.15, 0.2) is 54.7 Å². The van der Waals surface area contributed by atoms with Crippen LogP contribution in [0.4, 0.5) is 0 Å². The fraction of sp³-hybridized carbons (Fsp3) is 0.222. The first kappa shape index (κ1) is 13.7. The number of hydrogen-bond donors (Lipinski definition) is 2. The molecular formula is C18H20N2O. The standard InChI is InChI=1S/C18H20N2O/c1-13(14-5-3-7-16(11-14)21-2)20-12-15-6-4-8-18-17(15)9-10-19-18/h3-11,13,19-20H,12H2,1-2H3. The monoisotopic (exact) mass is 280 g/mol. The van der Waals surface area contributed by atoms with E-state index in [1.165, 1.54) is 22.0 Å². The van der Waals surface area contributed by atoms with Gasteiger partial charge < -0.3 is 15.0 Å². The zero-order valence-corrected chi connectivity index (χ0v) is 12.4. The molecule has 0 fully saturated rings. The molecule has 2 aromatic carbocycles. The van der Waals surface area contributed by atoms with E-state index < -0.39 is 0 Å². The summed E-state index contributed by atoms with van der Waals surface area (Å²) in [7, 11) is 1.70. The second kappa shape index (κ2) is 6.02. The van der Waals surface area contributed by atoms with Crippen LogP contribution < -0.4 is 10.1 Å². The molecular weight excluding hydrogens is 260 g/mol. The van der Waals surface area contributed by atoms with Crippen molar-refractivity contribution >= 4 is 10.9 Å². The number of nitrogens with one attached hydrogen (secondary N) is 2. The molecule has 3 rings (SSSR count). The van der Waals surface area contributed by atoms with Crippen LogP contribution in [0.5, 0.6) is 5.75 Å². The average molecular weight is 280 g/mol. The SMILES string of the molecule is COc1cccc(C(C)NCc2cccc3[nH]ccc23)c1. The highest BCUT2D eigenvalue weighted by Gasteiger charge is 2.07. The molecule has 1 unspecified atom stereocenters. The van der Waals surface area contributed by atoms with E-state index in [0.717, 1.165) is 12.3 Å². The van der Waals surface area contributed by atoms with Crippen molar-refractivity contribution in [2.24, 2.45) is 0 Å². The van der Waals surface area contributed by atoms with Gasteiger partial charge in [0, 0.05) is 29.7 Å². The lowest BCUT2D eigenvalue weighted by Gasteiger charge is -2.15. The van der Waals surface area contributed by atoms with E-state index in [9.17, 15) is 0 Å². The molecule has 1 heterocycles. The summed E-state index contributed by atoms with van der Waals surface area (Å²) in [6.07, 6.45) is 1.99. The van der Waals surface area contributed by atoms with Crippen LogP contribution in [-0.4, -0.2) is 12.1 Å². The Bertz CT molecular complexity index is 733. The van der Waals surface area contributed by atoms with Gasteiger partial charge in [-0.05, 0) is 42.3 Å². The third kappa shape index (κ3) is 2.93. The summed E-state index contributed by atoms with van der Waals surface area (Å²) in [5.74, 6) is 0.897. The number of H-pyrrole nitrogens is 1. The van der Waals surface area contributed by atoms with Crippen LogP contribution in [0.25, 0.3) is 10.9 Å². The maximum Gasteiger partial charge on any atom is 0.119 e. The van der Waals surface area contributed by atoms with Gasteiger partial charge in [-0.3, -0.25) is 0 Å². The van der Waals surface area contributed by atoms with E-state index in [0.29, 0.717) is 0 Å². The lowest BCUT2D eigenvalue weighted by Crippen LogP contribution is -2.18. The highest BCUT2D eigenvalue weighted by Crippen LogP contribution is 2.21. The van der Waals surface area contributed by atoms with Gasteiger partial charge in [-0.2, -0.15) is 0 Å². The minimum absolute atomic E-state index is 0.272. The summed E-state index contributed by atoms with van der Waals surface area (Å²) in [5, 5.41) is 4.86. The molecule has 0 bridgehead atoms. The Balaban J connectivity index is 1.73. The smallest absolute Gasteiger partial charge is 0.119 e. The van der Waals surface area contributed by atoms with Crippen molar-refractivity contribution < 1.29 is 4.74 Å². The van der Waals surface area contributed by atoms with Gasteiger partial charge >= 0.3 is 0 Å². The van der Waals surface area contributed by atoms with Crippen molar-refractivity contribution in [1.82, 2.24) is 10.3 Å². The number of methoxy groups -OCH3 is 1. The van der Waals surface area contributed by atoms with Crippen LogP contribution >= 0.6 is 0 Å². The molecule has 21 heavy (non-hydrogen) atoms. The predicted octanol–water partition coefficient (Wildman–Crippen LogP) is 4.03. The van der Waals surface area contributed by atoms with E-state index in [-0.39, 0.29) is 6.04 Å². The average Bonchev–Trinajstić information content (AvgIpc) is 3.01. The zero-order valence-electron chi connectivity index (χ0n) is 12.4. The van der Waals surface area contributed by atoms with Crippen molar-refractivity contribution in [3.8, 4) is 5.75 Å². The number of rotatable bonds is 5. The first-order valence-electron chi connectivity index (χ1n) is 7.20.